The molecule has 4 saturated carbocycles. The first kappa shape index (κ1) is 34.6. The smallest absolute Gasteiger partial charge is 0.0540 e. The van der Waals surface area contributed by atoms with Crippen LogP contribution in [0.3, 0.4) is 0 Å². The summed E-state index contributed by atoms with van der Waals surface area (Å²) in [5, 5.41) is 0. The third kappa shape index (κ3) is 5.57. The molecule has 0 radical (unpaired) electrons. The van der Waals surface area contributed by atoms with Crippen LogP contribution in [0.4, 0.5) is 17.1 Å². The number of para-hydroxylation sites is 1. The molecule has 0 atom stereocenters. The maximum Gasteiger partial charge on any atom is 0.0540 e. The van der Waals surface area contributed by atoms with Crippen LogP contribution in [0.25, 0.3) is 44.5 Å². The topological polar surface area (TPSA) is 3.24 Å². The molecule has 57 heavy (non-hydrogen) atoms. The first-order valence-corrected chi connectivity index (χ1v) is 21.4. The summed E-state index contributed by atoms with van der Waals surface area (Å²) < 4.78 is 0. The molecule has 0 N–H and O–H groups in total. The average molecular weight is 738 g/mol. The molecule has 4 fully saturated rings. The number of rotatable bonds is 7. The van der Waals surface area contributed by atoms with Crippen LogP contribution in [0.2, 0.25) is 0 Å². The van der Waals surface area contributed by atoms with Crippen LogP contribution in [0.1, 0.15) is 74.6 Å². The molecule has 4 bridgehead atoms. The molecule has 0 amide bonds. The predicted octanol–water partition coefficient (Wildman–Crippen LogP) is 15.2. The summed E-state index contributed by atoms with van der Waals surface area (Å²) in [4.78, 5) is 2.55. The molecule has 0 heterocycles. The van der Waals surface area contributed by atoms with Gasteiger partial charge < -0.3 is 4.90 Å². The van der Waals surface area contributed by atoms with Gasteiger partial charge in [-0.3, -0.25) is 0 Å². The minimum absolute atomic E-state index is 0.103. The summed E-state index contributed by atoms with van der Waals surface area (Å²) in [6, 6.07) is 61.8. The van der Waals surface area contributed by atoms with Gasteiger partial charge in [0.05, 0.1) is 5.69 Å². The van der Waals surface area contributed by atoms with Crippen molar-refractivity contribution < 1.29 is 0 Å². The molecule has 5 aliphatic carbocycles. The van der Waals surface area contributed by atoms with E-state index in [1.54, 1.807) is 5.56 Å². The Morgan fingerprint density at radius 1 is 0.456 bits per heavy atom. The van der Waals surface area contributed by atoms with Crippen LogP contribution in [-0.2, 0) is 10.8 Å². The largest absolute Gasteiger partial charge is 0.310 e. The quantitative estimate of drug-likeness (QED) is 0.157. The Hall–Kier alpha value is -5.66. The van der Waals surface area contributed by atoms with Gasteiger partial charge in [-0.1, -0.05) is 147 Å². The number of hydrogen-bond acceptors (Lipinski definition) is 1. The van der Waals surface area contributed by atoms with E-state index in [9.17, 15) is 0 Å². The molecular formula is C56H51N. The van der Waals surface area contributed by atoms with E-state index < -0.39 is 0 Å². The molecule has 7 aromatic carbocycles. The van der Waals surface area contributed by atoms with Crippen molar-refractivity contribution in [1.29, 1.82) is 0 Å². The van der Waals surface area contributed by atoms with Gasteiger partial charge in [0, 0.05) is 22.4 Å². The third-order valence-electron chi connectivity index (χ3n) is 14.6. The second kappa shape index (κ2) is 13.2. The van der Waals surface area contributed by atoms with E-state index >= 15 is 0 Å². The molecule has 0 saturated heterocycles. The maximum atomic E-state index is 2.55. The van der Waals surface area contributed by atoms with Crippen molar-refractivity contribution in [1.82, 2.24) is 0 Å². The van der Waals surface area contributed by atoms with E-state index in [1.807, 2.05) is 0 Å². The number of hydrogen-bond donors (Lipinski definition) is 0. The van der Waals surface area contributed by atoms with Gasteiger partial charge in [-0.2, -0.15) is 0 Å². The zero-order valence-corrected chi connectivity index (χ0v) is 33.5. The zero-order valence-electron chi connectivity index (χ0n) is 33.5. The molecule has 1 heteroatoms. The highest BCUT2D eigenvalue weighted by molar-refractivity contribution is 5.97. The Labute approximate surface area is 339 Å². The van der Waals surface area contributed by atoms with E-state index in [-0.39, 0.29) is 5.41 Å². The second-order valence-electron chi connectivity index (χ2n) is 18.4. The van der Waals surface area contributed by atoms with Crippen molar-refractivity contribution in [2.75, 3.05) is 4.90 Å². The predicted molar refractivity (Wildman–Crippen MR) is 240 cm³/mol. The lowest BCUT2D eigenvalue weighted by Crippen LogP contribution is -2.48. The van der Waals surface area contributed by atoms with E-state index in [0.29, 0.717) is 5.41 Å². The summed E-state index contributed by atoms with van der Waals surface area (Å²) in [7, 11) is 0. The minimum Gasteiger partial charge on any atom is -0.310 e. The zero-order chi connectivity index (χ0) is 38.3. The van der Waals surface area contributed by atoms with Crippen molar-refractivity contribution in [3.63, 3.8) is 0 Å². The molecular weight excluding hydrogens is 687 g/mol. The molecule has 0 aliphatic heterocycles. The van der Waals surface area contributed by atoms with Gasteiger partial charge in [-0.05, 0) is 160 Å². The van der Waals surface area contributed by atoms with Gasteiger partial charge in [0.15, 0.2) is 0 Å². The van der Waals surface area contributed by atoms with Crippen LogP contribution in [0.15, 0.2) is 164 Å². The van der Waals surface area contributed by atoms with Gasteiger partial charge in [0.2, 0.25) is 0 Å². The second-order valence-corrected chi connectivity index (χ2v) is 18.4. The fraction of sp³-hybridized carbons (Fsp3) is 0.250. The molecule has 5 aliphatic rings. The van der Waals surface area contributed by atoms with E-state index in [2.05, 4.69) is 189 Å². The van der Waals surface area contributed by atoms with E-state index in [1.165, 1.54) is 117 Å². The highest BCUT2D eigenvalue weighted by Gasteiger charge is 2.51. The lowest BCUT2D eigenvalue weighted by molar-refractivity contribution is -0.00518. The van der Waals surface area contributed by atoms with Crippen LogP contribution in [0.5, 0.6) is 0 Å². The highest BCUT2D eigenvalue weighted by atomic mass is 15.1. The van der Waals surface area contributed by atoms with Crippen molar-refractivity contribution >= 4 is 17.1 Å². The summed E-state index contributed by atoms with van der Waals surface area (Å²) in [5.41, 5.74) is 19.8. The van der Waals surface area contributed by atoms with E-state index in [4.69, 9.17) is 0 Å². The SMILES string of the molecule is Cc1cccc2c1-c1ccc(N(c3ccc(C45CC6CC(CC(C6)C4)C5)cc3)c3ccccc3-c3ccccc3-c3ccccc3-c3ccccc3)cc1C2(C)C. The lowest BCUT2D eigenvalue weighted by Gasteiger charge is -2.57. The van der Waals surface area contributed by atoms with Crippen LogP contribution in [0, 0.1) is 24.7 Å². The maximum absolute atomic E-state index is 2.55. The fourth-order valence-electron chi connectivity index (χ4n) is 12.4. The Kier molecular flexibility index (Phi) is 8.01. The number of nitrogens with zero attached hydrogens (tertiary/aromatic N) is 1. The molecule has 280 valence electrons. The Morgan fingerprint density at radius 3 is 1.67 bits per heavy atom. The van der Waals surface area contributed by atoms with Gasteiger partial charge in [0.1, 0.15) is 0 Å². The highest BCUT2D eigenvalue weighted by Crippen LogP contribution is 2.61. The molecule has 12 rings (SSSR count). The van der Waals surface area contributed by atoms with Gasteiger partial charge in [-0.15, -0.1) is 0 Å². The monoisotopic (exact) mass is 737 g/mol. The number of benzene rings is 7. The standard InChI is InChI=1S/C56H51N/c1-37-14-13-22-51-54(37)50-29-28-44(33-52(50)55(51,2)3)57(43-26-24-42(25-27-43)56-34-38-30-39(35-56)32-40(31-38)36-56)53-23-12-11-21-49(53)48-20-10-9-19-47(48)46-18-8-7-17-45(46)41-15-5-4-6-16-41/h4-29,33,38-40H,30-32,34-36H2,1-3H3. The Morgan fingerprint density at radius 2 is 1.00 bits per heavy atom. The Bertz CT molecular complexity index is 2610. The third-order valence-corrected chi connectivity index (χ3v) is 14.6. The Balaban J connectivity index is 1.08. The van der Waals surface area contributed by atoms with Crippen molar-refractivity contribution in [2.45, 2.75) is 70.1 Å². The van der Waals surface area contributed by atoms with Gasteiger partial charge in [0.25, 0.3) is 0 Å². The molecule has 1 nitrogen and oxygen atoms in total. The number of fused-ring (bicyclic) bond motifs is 3. The first-order valence-electron chi connectivity index (χ1n) is 21.4. The van der Waals surface area contributed by atoms with Gasteiger partial charge in [-0.25, -0.2) is 0 Å². The summed E-state index contributed by atoms with van der Waals surface area (Å²) in [5.74, 6) is 2.77. The van der Waals surface area contributed by atoms with Crippen molar-refractivity contribution in [3.8, 4) is 44.5 Å². The van der Waals surface area contributed by atoms with Crippen molar-refractivity contribution in [3.05, 3.63) is 186 Å². The first-order chi connectivity index (χ1) is 27.9. The van der Waals surface area contributed by atoms with Crippen molar-refractivity contribution in [2.24, 2.45) is 17.8 Å². The summed E-state index contributed by atoms with van der Waals surface area (Å²) >= 11 is 0. The normalized spacial score (nSPS) is 22.3. The molecule has 7 aromatic rings. The fourth-order valence-corrected chi connectivity index (χ4v) is 12.4. The summed E-state index contributed by atoms with van der Waals surface area (Å²) in [6.45, 7) is 7.07. The van der Waals surface area contributed by atoms with Gasteiger partial charge >= 0.3 is 0 Å². The number of aryl methyl sites for hydroxylation is 1. The lowest BCUT2D eigenvalue weighted by atomic mass is 9.48. The average Bonchev–Trinajstić information content (AvgIpc) is 3.47. The minimum atomic E-state index is -0.103. The van der Waals surface area contributed by atoms with Crippen LogP contribution < -0.4 is 4.90 Å². The van der Waals surface area contributed by atoms with Crippen LogP contribution in [-0.4, -0.2) is 0 Å². The number of anilines is 3. The summed E-state index contributed by atoms with van der Waals surface area (Å²) in [6.07, 6.45) is 8.55. The van der Waals surface area contributed by atoms with E-state index in [0.717, 1.165) is 17.8 Å². The molecule has 0 unspecified atom stereocenters. The molecule has 0 spiro atoms. The molecule has 0 aromatic heterocycles. The van der Waals surface area contributed by atoms with Crippen LogP contribution >= 0.6 is 0 Å².